The molecule has 2 amide bonds. The van der Waals surface area contributed by atoms with Gasteiger partial charge < -0.3 is 25.5 Å². The molecule has 0 spiro atoms. The van der Waals surface area contributed by atoms with Crippen LogP contribution in [0.3, 0.4) is 0 Å². The molecule has 0 aliphatic heterocycles. The highest BCUT2D eigenvalue weighted by Crippen LogP contribution is 2.11. The summed E-state index contributed by atoms with van der Waals surface area (Å²) in [4.78, 5) is 24.0. The zero-order valence-corrected chi connectivity index (χ0v) is 11.1. The number of benzene rings is 1. The van der Waals surface area contributed by atoms with Crippen LogP contribution >= 0.6 is 0 Å². The van der Waals surface area contributed by atoms with Gasteiger partial charge in [-0.2, -0.15) is 0 Å². The van der Waals surface area contributed by atoms with Crippen LogP contribution in [0.15, 0.2) is 24.3 Å². The second kappa shape index (κ2) is 7.34. The number of aliphatic carboxylic acids is 1. The van der Waals surface area contributed by atoms with Crippen molar-refractivity contribution in [3.63, 3.8) is 0 Å². The van der Waals surface area contributed by atoms with E-state index in [4.69, 9.17) is 15.3 Å². The second-order valence-corrected chi connectivity index (χ2v) is 4.36. The molecule has 0 saturated heterocycles. The number of carbonyl (C=O) groups excluding carboxylic acids is 1. The van der Waals surface area contributed by atoms with E-state index in [1.807, 2.05) is 0 Å². The van der Waals surface area contributed by atoms with Crippen LogP contribution in [-0.4, -0.2) is 58.5 Å². The van der Waals surface area contributed by atoms with Gasteiger partial charge in [0.2, 0.25) is 0 Å². The number of rotatable bonds is 6. The van der Waals surface area contributed by atoms with E-state index in [0.29, 0.717) is 5.56 Å². The highest BCUT2D eigenvalue weighted by Gasteiger charge is 2.21. The van der Waals surface area contributed by atoms with Crippen molar-refractivity contribution in [3.05, 3.63) is 29.8 Å². The van der Waals surface area contributed by atoms with E-state index in [1.165, 1.54) is 24.1 Å². The Bertz CT molecular complexity index is 460. The lowest BCUT2D eigenvalue weighted by atomic mass is 10.1. The number of likely N-dealkylation sites (N-methyl/N-ethyl adjacent to an activating group) is 1. The van der Waals surface area contributed by atoms with Gasteiger partial charge in [0, 0.05) is 20.0 Å². The molecule has 1 aromatic carbocycles. The number of urea groups is 1. The van der Waals surface area contributed by atoms with Crippen LogP contribution in [0.2, 0.25) is 0 Å². The number of aliphatic hydroxyl groups excluding tert-OH is 1. The van der Waals surface area contributed by atoms with Crippen molar-refractivity contribution >= 4 is 12.0 Å². The third kappa shape index (κ3) is 4.77. The zero-order chi connectivity index (χ0) is 15.1. The molecule has 7 heteroatoms. The average molecular weight is 282 g/mol. The molecule has 0 aliphatic carbocycles. The van der Waals surface area contributed by atoms with Crippen molar-refractivity contribution in [1.82, 2.24) is 10.2 Å². The molecule has 0 bridgehead atoms. The maximum absolute atomic E-state index is 11.7. The molecule has 0 aliphatic rings. The van der Waals surface area contributed by atoms with Crippen LogP contribution in [0.5, 0.6) is 5.75 Å². The molecule has 4 N–H and O–H groups in total. The van der Waals surface area contributed by atoms with E-state index >= 15 is 0 Å². The van der Waals surface area contributed by atoms with E-state index in [0.717, 1.165) is 0 Å². The van der Waals surface area contributed by atoms with Crippen LogP contribution in [0.1, 0.15) is 5.56 Å². The molecular formula is C13H18N2O5. The largest absolute Gasteiger partial charge is 0.508 e. The summed E-state index contributed by atoms with van der Waals surface area (Å²) in [6.07, 6.45) is 0.105. The van der Waals surface area contributed by atoms with Gasteiger partial charge in [0.05, 0.1) is 6.61 Å². The number of aliphatic hydroxyl groups is 1. The smallest absolute Gasteiger partial charge is 0.326 e. The highest BCUT2D eigenvalue weighted by molar-refractivity contribution is 5.82. The molecule has 7 nitrogen and oxygen atoms in total. The molecule has 20 heavy (non-hydrogen) atoms. The number of amides is 2. The van der Waals surface area contributed by atoms with Crippen LogP contribution in [0, 0.1) is 0 Å². The van der Waals surface area contributed by atoms with Crippen molar-refractivity contribution in [3.8, 4) is 5.75 Å². The van der Waals surface area contributed by atoms with Crippen molar-refractivity contribution in [1.29, 1.82) is 0 Å². The molecule has 1 aromatic rings. The minimum atomic E-state index is -1.15. The molecular weight excluding hydrogens is 264 g/mol. The number of hydrogen-bond acceptors (Lipinski definition) is 4. The van der Waals surface area contributed by atoms with Gasteiger partial charge in [-0.25, -0.2) is 9.59 Å². The molecule has 0 saturated carbocycles. The standard InChI is InChI=1S/C13H18N2O5/c1-15(6-7-16)13(20)14-11(12(18)19)8-9-2-4-10(17)5-3-9/h2-5,11,16-17H,6-8H2,1H3,(H,14,20)(H,18,19)/t11-/m0/s1. The van der Waals surface area contributed by atoms with Crippen molar-refractivity contribution in [2.24, 2.45) is 0 Å². The van der Waals surface area contributed by atoms with Crippen LogP contribution in [-0.2, 0) is 11.2 Å². The Kier molecular flexibility index (Phi) is 5.79. The van der Waals surface area contributed by atoms with Crippen LogP contribution in [0.4, 0.5) is 4.79 Å². The van der Waals surface area contributed by atoms with Gasteiger partial charge in [-0.05, 0) is 17.7 Å². The Hall–Kier alpha value is -2.28. The third-order valence-electron chi connectivity index (χ3n) is 2.75. The Morgan fingerprint density at radius 1 is 1.30 bits per heavy atom. The van der Waals surface area contributed by atoms with Crippen molar-refractivity contribution in [2.45, 2.75) is 12.5 Å². The second-order valence-electron chi connectivity index (χ2n) is 4.36. The van der Waals surface area contributed by atoms with E-state index in [2.05, 4.69) is 5.32 Å². The zero-order valence-electron chi connectivity index (χ0n) is 11.1. The Morgan fingerprint density at radius 3 is 2.40 bits per heavy atom. The number of carboxylic acids is 1. The minimum Gasteiger partial charge on any atom is -0.508 e. The minimum absolute atomic E-state index is 0.0901. The summed E-state index contributed by atoms with van der Waals surface area (Å²) in [6, 6.07) is 4.45. The number of carboxylic acid groups (broad SMARTS) is 1. The first kappa shape index (κ1) is 15.8. The Morgan fingerprint density at radius 2 is 1.90 bits per heavy atom. The fourth-order valence-corrected chi connectivity index (χ4v) is 1.58. The van der Waals surface area contributed by atoms with E-state index < -0.39 is 18.0 Å². The van der Waals surface area contributed by atoms with E-state index in [-0.39, 0.29) is 25.3 Å². The number of carbonyl (C=O) groups is 2. The molecule has 0 aromatic heterocycles. The molecule has 110 valence electrons. The first-order valence-electron chi connectivity index (χ1n) is 6.07. The summed E-state index contributed by atoms with van der Waals surface area (Å²) in [5, 5.41) is 29.4. The Balaban J connectivity index is 2.67. The molecule has 0 unspecified atom stereocenters. The Labute approximate surface area is 116 Å². The SMILES string of the molecule is CN(CCO)C(=O)N[C@@H](Cc1ccc(O)cc1)C(=O)O. The summed E-state index contributed by atoms with van der Waals surface area (Å²) in [6.45, 7) is -0.0724. The quantitative estimate of drug-likeness (QED) is 0.588. The summed E-state index contributed by atoms with van der Waals surface area (Å²) >= 11 is 0. The first-order valence-corrected chi connectivity index (χ1v) is 6.07. The number of nitrogens with zero attached hydrogens (tertiary/aromatic N) is 1. The lowest BCUT2D eigenvalue weighted by molar-refractivity contribution is -0.139. The van der Waals surface area contributed by atoms with Crippen LogP contribution < -0.4 is 5.32 Å². The maximum Gasteiger partial charge on any atom is 0.326 e. The number of phenols is 1. The van der Waals surface area contributed by atoms with Gasteiger partial charge in [-0.15, -0.1) is 0 Å². The fraction of sp³-hybridized carbons (Fsp3) is 0.385. The van der Waals surface area contributed by atoms with Gasteiger partial charge in [0.25, 0.3) is 0 Å². The van der Waals surface area contributed by atoms with Gasteiger partial charge in [0.1, 0.15) is 11.8 Å². The summed E-state index contributed by atoms with van der Waals surface area (Å²) in [5.74, 6) is -1.06. The maximum atomic E-state index is 11.7. The lowest BCUT2D eigenvalue weighted by Crippen LogP contribution is -2.48. The summed E-state index contributed by atoms with van der Waals surface area (Å²) < 4.78 is 0. The molecule has 0 heterocycles. The number of phenolic OH excluding ortho intramolecular Hbond substituents is 1. The summed E-state index contributed by atoms with van der Waals surface area (Å²) in [5.41, 5.74) is 0.681. The first-order chi connectivity index (χ1) is 9.43. The number of nitrogens with one attached hydrogen (secondary N) is 1. The average Bonchev–Trinajstić information content (AvgIpc) is 2.40. The summed E-state index contributed by atoms with van der Waals surface area (Å²) in [7, 11) is 1.46. The monoisotopic (exact) mass is 282 g/mol. The molecule has 1 rings (SSSR count). The van der Waals surface area contributed by atoms with E-state index in [9.17, 15) is 9.59 Å². The molecule has 0 fully saturated rings. The lowest BCUT2D eigenvalue weighted by Gasteiger charge is -2.20. The number of hydrogen-bond donors (Lipinski definition) is 4. The molecule has 1 atom stereocenters. The highest BCUT2D eigenvalue weighted by atomic mass is 16.4. The van der Waals surface area contributed by atoms with Gasteiger partial charge >= 0.3 is 12.0 Å². The van der Waals surface area contributed by atoms with Gasteiger partial charge in [-0.3, -0.25) is 0 Å². The molecule has 0 radical (unpaired) electrons. The normalized spacial score (nSPS) is 11.7. The third-order valence-corrected chi connectivity index (χ3v) is 2.75. The fourth-order valence-electron chi connectivity index (χ4n) is 1.58. The van der Waals surface area contributed by atoms with Gasteiger partial charge in [-0.1, -0.05) is 12.1 Å². The topological polar surface area (TPSA) is 110 Å². The predicted molar refractivity (Wildman–Crippen MR) is 71.5 cm³/mol. The van der Waals surface area contributed by atoms with Crippen LogP contribution in [0.25, 0.3) is 0 Å². The predicted octanol–water partition coefficient (Wildman–Crippen LogP) is 0.0216. The van der Waals surface area contributed by atoms with Gasteiger partial charge in [0.15, 0.2) is 0 Å². The van der Waals surface area contributed by atoms with Crippen molar-refractivity contribution < 1.29 is 24.9 Å². The van der Waals surface area contributed by atoms with E-state index in [1.54, 1.807) is 12.1 Å². The number of aromatic hydroxyl groups is 1. The van der Waals surface area contributed by atoms with Crippen molar-refractivity contribution in [2.75, 3.05) is 20.2 Å².